The quantitative estimate of drug-likeness (QED) is 0.274. The average Bonchev–Trinajstić information content (AvgIpc) is 3.02. The van der Waals surface area contributed by atoms with Gasteiger partial charge in [0.2, 0.25) is 5.91 Å². The van der Waals surface area contributed by atoms with E-state index >= 15 is 0 Å². The fourth-order valence-corrected chi connectivity index (χ4v) is 5.01. The van der Waals surface area contributed by atoms with Crippen molar-refractivity contribution in [3.63, 3.8) is 0 Å². The molecule has 0 aromatic heterocycles. The maximum absolute atomic E-state index is 14.1. The molecule has 1 aliphatic rings. The van der Waals surface area contributed by atoms with Crippen LogP contribution in [0, 0.1) is 11.6 Å². The second kappa shape index (κ2) is 13.5. The van der Waals surface area contributed by atoms with Crippen molar-refractivity contribution in [1.29, 1.82) is 0 Å². The standard InChI is InChI=1S/C33H29ClF2N4O3/c34-25-9-7-24(8-10-25)32(42)40(21-23-5-11-26(35)12-6-23)22-31(41)37-27-13-15-28(16-14-27)38-17-19-39(20-18-38)33(43)29-3-1-2-4-30(29)36/h1-16H,17-22H2,(H,37,41). The van der Waals surface area contributed by atoms with Crippen molar-refractivity contribution >= 4 is 40.7 Å². The molecule has 0 spiro atoms. The Hall–Kier alpha value is -4.76. The number of anilines is 2. The van der Waals surface area contributed by atoms with E-state index in [0.29, 0.717) is 48.0 Å². The van der Waals surface area contributed by atoms with Crippen molar-refractivity contribution in [2.75, 3.05) is 42.9 Å². The normalized spacial score (nSPS) is 13.0. The lowest BCUT2D eigenvalue weighted by Gasteiger charge is -2.36. The molecule has 1 saturated heterocycles. The molecule has 7 nitrogen and oxygen atoms in total. The Bertz CT molecular complexity index is 1590. The predicted octanol–water partition coefficient (Wildman–Crippen LogP) is 5.86. The molecule has 4 aromatic carbocycles. The van der Waals surface area contributed by atoms with Crippen LogP contribution in [0.15, 0.2) is 97.1 Å². The molecule has 3 amide bonds. The van der Waals surface area contributed by atoms with Crippen molar-refractivity contribution in [1.82, 2.24) is 9.80 Å². The molecular formula is C33H29ClF2N4O3. The van der Waals surface area contributed by atoms with Crippen LogP contribution in [0.2, 0.25) is 5.02 Å². The SMILES string of the molecule is O=C(CN(Cc1ccc(F)cc1)C(=O)c1ccc(Cl)cc1)Nc1ccc(N2CCN(C(=O)c3ccccc3F)CC2)cc1. The molecule has 0 unspecified atom stereocenters. The molecule has 1 heterocycles. The van der Waals surface area contributed by atoms with Crippen molar-refractivity contribution in [3.8, 4) is 0 Å². The third-order valence-electron chi connectivity index (χ3n) is 7.19. The summed E-state index contributed by atoms with van der Waals surface area (Å²) in [5, 5.41) is 3.32. The van der Waals surface area contributed by atoms with Crippen molar-refractivity contribution in [2.45, 2.75) is 6.54 Å². The minimum atomic E-state index is -0.527. The Balaban J connectivity index is 1.19. The molecule has 0 aliphatic carbocycles. The highest BCUT2D eigenvalue weighted by Crippen LogP contribution is 2.21. The summed E-state index contributed by atoms with van der Waals surface area (Å²) in [5.41, 5.74) is 2.60. The fraction of sp³-hybridized carbons (Fsp3) is 0.182. The molecule has 10 heteroatoms. The number of hydrogen-bond donors (Lipinski definition) is 1. The minimum Gasteiger partial charge on any atom is -0.368 e. The molecule has 1 fully saturated rings. The van der Waals surface area contributed by atoms with Crippen LogP contribution in [0.4, 0.5) is 20.2 Å². The van der Waals surface area contributed by atoms with Crippen LogP contribution in [0.25, 0.3) is 0 Å². The van der Waals surface area contributed by atoms with E-state index in [0.717, 1.165) is 5.69 Å². The number of carbonyl (C=O) groups is 3. The highest BCUT2D eigenvalue weighted by atomic mass is 35.5. The van der Waals surface area contributed by atoms with Crippen LogP contribution in [0.3, 0.4) is 0 Å². The molecule has 43 heavy (non-hydrogen) atoms. The van der Waals surface area contributed by atoms with Crippen LogP contribution < -0.4 is 10.2 Å². The Morgan fingerprint density at radius 3 is 2.09 bits per heavy atom. The average molecular weight is 603 g/mol. The molecule has 1 N–H and O–H groups in total. The molecular weight excluding hydrogens is 574 g/mol. The lowest BCUT2D eigenvalue weighted by atomic mass is 10.1. The van der Waals surface area contributed by atoms with E-state index in [2.05, 4.69) is 10.2 Å². The van der Waals surface area contributed by atoms with E-state index in [1.165, 1.54) is 29.2 Å². The highest BCUT2D eigenvalue weighted by Gasteiger charge is 2.24. The summed E-state index contributed by atoms with van der Waals surface area (Å²) in [5.74, 6) is -1.99. The highest BCUT2D eigenvalue weighted by molar-refractivity contribution is 6.30. The molecule has 0 bridgehead atoms. The zero-order valence-corrected chi connectivity index (χ0v) is 23.9. The summed E-state index contributed by atoms with van der Waals surface area (Å²) in [6, 6.07) is 25.4. The fourth-order valence-electron chi connectivity index (χ4n) is 4.89. The van der Waals surface area contributed by atoms with Gasteiger partial charge in [-0.25, -0.2) is 8.78 Å². The van der Waals surface area contributed by atoms with Crippen molar-refractivity contribution in [2.24, 2.45) is 0 Å². The third-order valence-corrected chi connectivity index (χ3v) is 7.44. The number of benzene rings is 4. The van der Waals surface area contributed by atoms with E-state index in [9.17, 15) is 23.2 Å². The summed E-state index contributed by atoms with van der Waals surface area (Å²) in [7, 11) is 0. The van der Waals surface area contributed by atoms with Gasteiger partial charge in [0, 0.05) is 54.7 Å². The molecule has 0 atom stereocenters. The second-order valence-corrected chi connectivity index (χ2v) is 10.6. The van der Waals surface area contributed by atoms with E-state index in [1.54, 1.807) is 65.6 Å². The van der Waals surface area contributed by atoms with Crippen LogP contribution in [0.1, 0.15) is 26.3 Å². The Morgan fingerprint density at radius 1 is 0.791 bits per heavy atom. The van der Waals surface area contributed by atoms with Crippen LogP contribution in [0.5, 0.6) is 0 Å². The summed E-state index contributed by atoms with van der Waals surface area (Å²) >= 11 is 5.97. The van der Waals surface area contributed by atoms with Gasteiger partial charge in [0.25, 0.3) is 11.8 Å². The van der Waals surface area contributed by atoms with Gasteiger partial charge in [-0.1, -0.05) is 35.9 Å². The largest absolute Gasteiger partial charge is 0.368 e. The lowest BCUT2D eigenvalue weighted by molar-refractivity contribution is -0.117. The molecule has 220 valence electrons. The zero-order chi connectivity index (χ0) is 30.3. The van der Waals surface area contributed by atoms with E-state index in [1.807, 2.05) is 12.1 Å². The van der Waals surface area contributed by atoms with Crippen LogP contribution in [-0.4, -0.2) is 60.2 Å². The third kappa shape index (κ3) is 7.55. The summed E-state index contributed by atoms with van der Waals surface area (Å²) in [4.78, 5) is 44.2. The van der Waals surface area contributed by atoms with Gasteiger partial charge in [-0.15, -0.1) is 0 Å². The maximum Gasteiger partial charge on any atom is 0.256 e. The van der Waals surface area contributed by atoms with Crippen LogP contribution in [-0.2, 0) is 11.3 Å². The maximum atomic E-state index is 14.1. The number of piperazine rings is 1. The van der Waals surface area contributed by atoms with E-state index < -0.39 is 17.5 Å². The van der Waals surface area contributed by atoms with Gasteiger partial charge in [0.1, 0.15) is 18.2 Å². The zero-order valence-electron chi connectivity index (χ0n) is 23.2. The number of nitrogens with one attached hydrogen (secondary N) is 1. The Kier molecular flexibility index (Phi) is 9.32. The smallest absolute Gasteiger partial charge is 0.256 e. The first-order chi connectivity index (χ1) is 20.8. The van der Waals surface area contributed by atoms with Gasteiger partial charge in [0.15, 0.2) is 0 Å². The number of nitrogens with zero attached hydrogens (tertiary/aromatic N) is 3. The van der Waals surface area contributed by atoms with E-state index in [4.69, 9.17) is 11.6 Å². The summed E-state index contributed by atoms with van der Waals surface area (Å²) in [6.07, 6.45) is 0. The molecule has 1 aliphatic heterocycles. The number of rotatable bonds is 8. The first-order valence-corrected chi connectivity index (χ1v) is 14.1. The van der Waals surface area contributed by atoms with Crippen molar-refractivity contribution < 1.29 is 23.2 Å². The van der Waals surface area contributed by atoms with Gasteiger partial charge >= 0.3 is 0 Å². The van der Waals surface area contributed by atoms with Gasteiger partial charge < -0.3 is 20.0 Å². The summed E-state index contributed by atoms with van der Waals surface area (Å²) in [6.45, 7) is 1.96. The number of halogens is 3. The molecule has 0 saturated carbocycles. The molecule has 0 radical (unpaired) electrons. The second-order valence-electron chi connectivity index (χ2n) is 10.1. The number of amides is 3. The van der Waals surface area contributed by atoms with Gasteiger partial charge in [-0.3, -0.25) is 14.4 Å². The van der Waals surface area contributed by atoms with E-state index in [-0.39, 0.29) is 30.5 Å². The van der Waals surface area contributed by atoms with Gasteiger partial charge in [-0.05, 0) is 78.4 Å². The van der Waals surface area contributed by atoms with Gasteiger partial charge in [-0.2, -0.15) is 0 Å². The Labute approximate surface area is 253 Å². The van der Waals surface area contributed by atoms with Gasteiger partial charge in [0.05, 0.1) is 5.56 Å². The Morgan fingerprint density at radius 2 is 1.44 bits per heavy atom. The topological polar surface area (TPSA) is 73.0 Å². The minimum absolute atomic E-state index is 0.0714. The summed E-state index contributed by atoms with van der Waals surface area (Å²) < 4.78 is 27.5. The molecule has 5 rings (SSSR count). The monoisotopic (exact) mass is 602 g/mol. The predicted molar refractivity (Wildman–Crippen MR) is 162 cm³/mol. The number of carbonyl (C=O) groups excluding carboxylic acids is 3. The van der Waals surface area contributed by atoms with Crippen molar-refractivity contribution in [3.05, 3.63) is 130 Å². The first kappa shape index (κ1) is 29.7. The first-order valence-electron chi connectivity index (χ1n) is 13.7. The lowest BCUT2D eigenvalue weighted by Crippen LogP contribution is -2.49. The number of hydrogen-bond acceptors (Lipinski definition) is 4. The molecule has 4 aromatic rings. The van der Waals surface area contributed by atoms with Crippen LogP contribution >= 0.6 is 11.6 Å².